The molecule has 1 atom stereocenters. The van der Waals surface area contributed by atoms with E-state index in [-0.39, 0.29) is 12.0 Å². The van der Waals surface area contributed by atoms with Crippen LogP contribution >= 0.6 is 11.3 Å². The Labute approximate surface area is 130 Å². The van der Waals surface area contributed by atoms with Crippen LogP contribution in [0.4, 0.5) is 0 Å². The van der Waals surface area contributed by atoms with Crippen molar-refractivity contribution in [1.29, 1.82) is 0 Å². The van der Waals surface area contributed by atoms with Crippen LogP contribution in [0, 0.1) is 0 Å². The molecule has 5 nitrogen and oxygen atoms in total. The van der Waals surface area contributed by atoms with Gasteiger partial charge in [-0.05, 0) is 12.0 Å². The molecule has 0 aliphatic carbocycles. The number of carboxylic acid groups (broad SMARTS) is 1. The van der Waals surface area contributed by atoms with E-state index in [1.165, 1.54) is 17.7 Å². The second-order valence-corrected chi connectivity index (χ2v) is 5.75. The number of hydrogen-bond donors (Lipinski definition) is 0. The summed E-state index contributed by atoms with van der Waals surface area (Å²) in [5.74, 6) is -1.28. The standard InChI is InChI=1S/C16H14N2O3S/c1-2-12(16(20)21)18-9-17-14-13(15(18)19)11(8-22-14)10-6-4-3-5-7-10/h3-9,12H,2H2,1H3,(H,20,21)/p-1/t12-/m0/s1. The van der Waals surface area contributed by atoms with Crippen molar-refractivity contribution >= 4 is 27.5 Å². The van der Waals surface area contributed by atoms with Gasteiger partial charge in [0.2, 0.25) is 0 Å². The van der Waals surface area contributed by atoms with Gasteiger partial charge in [-0.25, -0.2) is 4.98 Å². The number of thiophene rings is 1. The largest absolute Gasteiger partial charge is 0.548 e. The Morgan fingerprint density at radius 3 is 2.73 bits per heavy atom. The molecule has 0 saturated heterocycles. The van der Waals surface area contributed by atoms with Crippen LogP contribution in [-0.2, 0) is 4.79 Å². The van der Waals surface area contributed by atoms with Crippen molar-refractivity contribution in [3.63, 3.8) is 0 Å². The fourth-order valence-electron chi connectivity index (χ4n) is 2.47. The van der Waals surface area contributed by atoms with E-state index >= 15 is 0 Å². The summed E-state index contributed by atoms with van der Waals surface area (Å²) in [7, 11) is 0. The van der Waals surface area contributed by atoms with Gasteiger partial charge in [-0.3, -0.25) is 9.36 Å². The monoisotopic (exact) mass is 313 g/mol. The molecule has 3 rings (SSSR count). The van der Waals surface area contributed by atoms with Crippen LogP contribution in [0.15, 0.2) is 46.8 Å². The summed E-state index contributed by atoms with van der Waals surface area (Å²) in [6, 6.07) is 8.50. The molecule has 0 aliphatic rings. The zero-order chi connectivity index (χ0) is 15.7. The van der Waals surface area contributed by atoms with Crippen LogP contribution in [0.3, 0.4) is 0 Å². The molecule has 0 saturated carbocycles. The SMILES string of the molecule is CC[C@@H](C(=O)[O-])n1cnc2scc(-c3ccccc3)c2c1=O. The van der Waals surface area contributed by atoms with Crippen molar-refractivity contribution in [3.05, 3.63) is 52.4 Å². The van der Waals surface area contributed by atoms with Gasteiger partial charge >= 0.3 is 0 Å². The summed E-state index contributed by atoms with van der Waals surface area (Å²) in [6.45, 7) is 1.70. The van der Waals surface area contributed by atoms with Crippen molar-refractivity contribution < 1.29 is 9.90 Å². The smallest absolute Gasteiger partial charge is 0.263 e. The molecular weight excluding hydrogens is 300 g/mol. The van der Waals surface area contributed by atoms with Crippen LogP contribution in [-0.4, -0.2) is 15.5 Å². The Hall–Kier alpha value is -2.47. The van der Waals surface area contributed by atoms with Crippen molar-refractivity contribution in [1.82, 2.24) is 9.55 Å². The predicted octanol–water partition coefficient (Wildman–Crippen LogP) is 1.83. The minimum absolute atomic E-state index is 0.264. The lowest BCUT2D eigenvalue weighted by Crippen LogP contribution is -2.37. The number of hydrogen-bond acceptors (Lipinski definition) is 5. The van der Waals surface area contributed by atoms with Gasteiger partial charge in [-0.2, -0.15) is 0 Å². The second kappa shape index (κ2) is 5.73. The molecule has 0 unspecified atom stereocenters. The number of carbonyl (C=O) groups is 1. The third kappa shape index (κ3) is 2.31. The third-order valence-electron chi connectivity index (χ3n) is 3.60. The first-order chi connectivity index (χ1) is 10.6. The van der Waals surface area contributed by atoms with Crippen LogP contribution in [0.5, 0.6) is 0 Å². The zero-order valence-electron chi connectivity index (χ0n) is 11.9. The normalized spacial score (nSPS) is 12.4. The first-order valence-electron chi connectivity index (χ1n) is 6.88. The average molecular weight is 313 g/mol. The highest BCUT2D eigenvalue weighted by Crippen LogP contribution is 2.30. The van der Waals surface area contributed by atoms with Crippen LogP contribution in [0.1, 0.15) is 19.4 Å². The molecule has 22 heavy (non-hydrogen) atoms. The van der Waals surface area contributed by atoms with Gasteiger partial charge in [-0.1, -0.05) is 37.3 Å². The molecule has 0 bridgehead atoms. The highest BCUT2D eigenvalue weighted by Gasteiger charge is 2.17. The van der Waals surface area contributed by atoms with E-state index in [1.54, 1.807) is 6.92 Å². The molecule has 3 aromatic rings. The lowest BCUT2D eigenvalue weighted by molar-refractivity contribution is -0.310. The molecule has 0 aliphatic heterocycles. The van der Waals surface area contributed by atoms with E-state index < -0.39 is 12.0 Å². The Morgan fingerprint density at radius 1 is 1.36 bits per heavy atom. The highest BCUT2D eigenvalue weighted by atomic mass is 32.1. The minimum Gasteiger partial charge on any atom is -0.548 e. The van der Waals surface area contributed by atoms with Crippen molar-refractivity contribution in [3.8, 4) is 11.1 Å². The Kier molecular flexibility index (Phi) is 3.77. The number of nitrogens with zero attached hydrogens (tertiary/aromatic N) is 2. The van der Waals surface area contributed by atoms with Gasteiger partial charge in [0.15, 0.2) is 0 Å². The van der Waals surface area contributed by atoms with Gasteiger partial charge in [0, 0.05) is 10.9 Å². The number of carboxylic acids is 1. The van der Waals surface area contributed by atoms with E-state index in [9.17, 15) is 14.7 Å². The number of rotatable bonds is 4. The molecule has 0 fully saturated rings. The minimum atomic E-state index is -1.28. The van der Waals surface area contributed by atoms with Gasteiger partial charge < -0.3 is 9.90 Å². The van der Waals surface area contributed by atoms with E-state index in [4.69, 9.17) is 0 Å². The lowest BCUT2D eigenvalue weighted by Gasteiger charge is -2.18. The van der Waals surface area contributed by atoms with Crippen LogP contribution < -0.4 is 10.7 Å². The molecule has 2 heterocycles. The van der Waals surface area contributed by atoms with Crippen molar-refractivity contribution in [2.75, 3.05) is 0 Å². The molecule has 0 N–H and O–H groups in total. The quantitative estimate of drug-likeness (QED) is 0.736. The molecule has 1 aromatic carbocycles. The number of aliphatic carboxylic acids is 1. The van der Waals surface area contributed by atoms with Gasteiger partial charge in [0.1, 0.15) is 4.83 Å². The summed E-state index contributed by atoms with van der Waals surface area (Å²) >= 11 is 1.37. The fourth-order valence-corrected chi connectivity index (χ4v) is 3.38. The molecule has 0 radical (unpaired) electrons. The summed E-state index contributed by atoms with van der Waals surface area (Å²) in [5.41, 5.74) is 1.34. The number of benzene rings is 1. The van der Waals surface area contributed by atoms with Crippen molar-refractivity contribution in [2.24, 2.45) is 0 Å². The molecule has 112 valence electrons. The van der Waals surface area contributed by atoms with Gasteiger partial charge in [0.05, 0.1) is 23.7 Å². The number of fused-ring (bicyclic) bond motifs is 1. The summed E-state index contributed by atoms with van der Waals surface area (Å²) < 4.78 is 1.15. The molecule has 2 aromatic heterocycles. The van der Waals surface area contributed by atoms with Crippen LogP contribution in [0.2, 0.25) is 0 Å². The molecule has 6 heteroatoms. The third-order valence-corrected chi connectivity index (χ3v) is 4.49. The fraction of sp³-hybridized carbons (Fsp3) is 0.188. The Balaban J connectivity index is 2.27. The van der Waals surface area contributed by atoms with E-state index in [0.717, 1.165) is 15.7 Å². The maximum atomic E-state index is 12.7. The zero-order valence-corrected chi connectivity index (χ0v) is 12.7. The summed E-state index contributed by atoms with van der Waals surface area (Å²) in [6.07, 6.45) is 1.56. The van der Waals surface area contributed by atoms with E-state index in [0.29, 0.717) is 10.2 Å². The molecule has 0 spiro atoms. The van der Waals surface area contributed by atoms with Crippen molar-refractivity contribution in [2.45, 2.75) is 19.4 Å². The topological polar surface area (TPSA) is 75.0 Å². The first-order valence-corrected chi connectivity index (χ1v) is 7.76. The molecular formula is C16H13N2O3S-. The van der Waals surface area contributed by atoms with Crippen LogP contribution in [0.25, 0.3) is 21.3 Å². The summed E-state index contributed by atoms with van der Waals surface area (Å²) in [4.78, 5) is 28.8. The maximum absolute atomic E-state index is 12.7. The Bertz CT molecular complexity index is 883. The second-order valence-electron chi connectivity index (χ2n) is 4.90. The number of aromatic nitrogens is 2. The predicted molar refractivity (Wildman–Crippen MR) is 83.7 cm³/mol. The highest BCUT2D eigenvalue weighted by molar-refractivity contribution is 7.17. The maximum Gasteiger partial charge on any atom is 0.263 e. The van der Waals surface area contributed by atoms with Gasteiger partial charge in [-0.15, -0.1) is 11.3 Å². The molecule has 0 amide bonds. The average Bonchev–Trinajstić information content (AvgIpc) is 2.95. The lowest BCUT2D eigenvalue weighted by atomic mass is 10.1. The summed E-state index contributed by atoms with van der Waals surface area (Å²) in [5, 5.41) is 13.5. The first kappa shape index (κ1) is 14.5. The van der Waals surface area contributed by atoms with E-state index in [2.05, 4.69) is 4.98 Å². The van der Waals surface area contributed by atoms with Gasteiger partial charge in [0.25, 0.3) is 5.56 Å². The number of carbonyl (C=O) groups excluding carboxylic acids is 1. The van der Waals surface area contributed by atoms with E-state index in [1.807, 2.05) is 35.7 Å². The Morgan fingerprint density at radius 2 is 2.09 bits per heavy atom.